The number of carbonyl (C=O) groups excluding carboxylic acids is 1. The van der Waals surface area contributed by atoms with E-state index in [2.05, 4.69) is 9.97 Å². The Morgan fingerprint density at radius 2 is 1.88 bits per heavy atom. The Morgan fingerprint density at radius 1 is 1.19 bits per heavy atom. The Morgan fingerprint density at radius 3 is 2.50 bits per heavy atom. The predicted molar refractivity (Wildman–Crippen MR) is 56.6 cm³/mol. The molecule has 80 valence electrons. The van der Waals surface area contributed by atoms with E-state index in [0.717, 1.165) is 0 Å². The van der Waals surface area contributed by atoms with E-state index in [1.807, 2.05) is 0 Å². The average molecular weight is 216 g/mol. The van der Waals surface area contributed by atoms with Crippen molar-refractivity contribution < 1.29 is 9.18 Å². The molecule has 2 rings (SSSR count). The molecular weight excluding hydrogens is 207 g/mol. The van der Waals surface area contributed by atoms with Crippen LogP contribution in [0.2, 0.25) is 0 Å². The lowest BCUT2D eigenvalue weighted by Crippen LogP contribution is -1.99. The summed E-state index contributed by atoms with van der Waals surface area (Å²) >= 11 is 0. The van der Waals surface area contributed by atoms with Crippen LogP contribution in [0.25, 0.3) is 0 Å². The molecule has 0 bridgehead atoms. The summed E-state index contributed by atoms with van der Waals surface area (Å²) in [5.41, 5.74) is 0.957. The fraction of sp³-hybridized carbons (Fsp3) is 0.0833. The smallest absolute Gasteiger partial charge is 0.153 e. The van der Waals surface area contributed by atoms with Crippen molar-refractivity contribution in [1.29, 1.82) is 0 Å². The second-order valence-electron chi connectivity index (χ2n) is 3.32. The molecule has 0 aliphatic heterocycles. The molecule has 0 unspecified atom stereocenters. The van der Waals surface area contributed by atoms with Crippen LogP contribution in [0.5, 0.6) is 0 Å². The van der Waals surface area contributed by atoms with Gasteiger partial charge < -0.3 is 0 Å². The molecule has 0 N–H and O–H groups in total. The van der Waals surface area contributed by atoms with Gasteiger partial charge in [-0.25, -0.2) is 14.4 Å². The summed E-state index contributed by atoms with van der Waals surface area (Å²) in [6.45, 7) is 0. The van der Waals surface area contributed by atoms with Gasteiger partial charge >= 0.3 is 0 Å². The van der Waals surface area contributed by atoms with Gasteiger partial charge in [0.1, 0.15) is 11.6 Å². The molecular formula is C12H9FN2O. The molecule has 0 aliphatic carbocycles. The highest BCUT2D eigenvalue weighted by Crippen LogP contribution is 2.09. The highest BCUT2D eigenvalue weighted by molar-refractivity contribution is 5.73. The van der Waals surface area contributed by atoms with Gasteiger partial charge in [0.2, 0.25) is 0 Å². The fourth-order valence-electron chi connectivity index (χ4n) is 1.33. The van der Waals surface area contributed by atoms with Crippen LogP contribution in [0.3, 0.4) is 0 Å². The minimum atomic E-state index is -0.273. The van der Waals surface area contributed by atoms with E-state index >= 15 is 0 Å². The highest BCUT2D eigenvalue weighted by Gasteiger charge is 2.04. The maximum absolute atomic E-state index is 13.3. The first-order valence-electron chi connectivity index (χ1n) is 4.79. The Bertz CT molecular complexity index is 497. The van der Waals surface area contributed by atoms with E-state index in [-0.39, 0.29) is 5.82 Å². The Labute approximate surface area is 92.0 Å². The number of hydrogen-bond acceptors (Lipinski definition) is 3. The van der Waals surface area contributed by atoms with E-state index in [1.165, 1.54) is 18.5 Å². The van der Waals surface area contributed by atoms with Crippen molar-refractivity contribution in [3.05, 3.63) is 59.4 Å². The van der Waals surface area contributed by atoms with Crippen LogP contribution in [-0.2, 0) is 6.42 Å². The van der Waals surface area contributed by atoms with Crippen LogP contribution in [0.1, 0.15) is 21.7 Å². The molecule has 0 aliphatic rings. The van der Waals surface area contributed by atoms with Crippen molar-refractivity contribution in [2.45, 2.75) is 6.42 Å². The zero-order valence-corrected chi connectivity index (χ0v) is 8.43. The molecule has 1 heterocycles. The zero-order chi connectivity index (χ0) is 11.4. The molecule has 0 atom stereocenters. The fourth-order valence-corrected chi connectivity index (χ4v) is 1.33. The second kappa shape index (κ2) is 4.61. The standard InChI is InChI=1S/C12H9FN2O/c13-11-4-2-1-3-10(11)5-12-14-6-9(8-16)7-15-12/h1-4,6-8H,5H2. The van der Waals surface area contributed by atoms with Crippen molar-refractivity contribution in [2.75, 3.05) is 0 Å². The highest BCUT2D eigenvalue weighted by atomic mass is 19.1. The maximum atomic E-state index is 13.3. The SMILES string of the molecule is O=Cc1cnc(Cc2ccccc2F)nc1. The van der Waals surface area contributed by atoms with Gasteiger partial charge in [0.05, 0.1) is 5.56 Å². The number of rotatable bonds is 3. The van der Waals surface area contributed by atoms with E-state index in [4.69, 9.17) is 0 Å². The molecule has 0 saturated carbocycles. The number of hydrogen-bond donors (Lipinski definition) is 0. The van der Waals surface area contributed by atoms with E-state index in [1.54, 1.807) is 18.2 Å². The lowest BCUT2D eigenvalue weighted by Gasteiger charge is -2.01. The second-order valence-corrected chi connectivity index (χ2v) is 3.32. The van der Waals surface area contributed by atoms with Gasteiger partial charge in [0.25, 0.3) is 0 Å². The molecule has 3 nitrogen and oxygen atoms in total. The molecule has 16 heavy (non-hydrogen) atoms. The lowest BCUT2D eigenvalue weighted by atomic mass is 10.1. The van der Waals surface area contributed by atoms with Gasteiger partial charge in [-0.3, -0.25) is 4.79 Å². The van der Waals surface area contributed by atoms with Gasteiger partial charge in [0, 0.05) is 18.8 Å². The van der Waals surface area contributed by atoms with Crippen molar-refractivity contribution in [2.24, 2.45) is 0 Å². The number of aromatic nitrogens is 2. The van der Waals surface area contributed by atoms with E-state index in [9.17, 15) is 9.18 Å². The molecule has 4 heteroatoms. The maximum Gasteiger partial charge on any atom is 0.153 e. The van der Waals surface area contributed by atoms with Gasteiger partial charge in [-0.15, -0.1) is 0 Å². The Balaban J connectivity index is 2.21. The van der Waals surface area contributed by atoms with Crippen LogP contribution in [0.15, 0.2) is 36.7 Å². The molecule has 0 fully saturated rings. The van der Waals surface area contributed by atoms with Crippen LogP contribution in [-0.4, -0.2) is 16.3 Å². The summed E-state index contributed by atoms with van der Waals surface area (Å²) in [5, 5.41) is 0. The molecule has 0 amide bonds. The first-order chi connectivity index (χ1) is 7.79. The van der Waals surface area contributed by atoms with Crippen LogP contribution in [0.4, 0.5) is 4.39 Å². The number of carbonyl (C=O) groups is 1. The molecule has 2 aromatic rings. The Kier molecular flexibility index (Phi) is 3.00. The van der Waals surface area contributed by atoms with E-state index in [0.29, 0.717) is 29.7 Å². The van der Waals surface area contributed by atoms with E-state index < -0.39 is 0 Å². The van der Waals surface area contributed by atoms with Gasteiger partial charge in [-0.1, -0.05) is 18.2 Å². The Hall–Kier alpha value is -2.10. The monoisotopic (exact) mass is 216 g/mol. The van der Waals surface area contributed by atoms with Crippen LogP contribution in [0, 0.1) is 5.82 Å². The lowest BCUT2D eigenvalue weighted by molar-refractivity contribution is 0.112. The quantitative estimate of drug-likeness (QED) is 0.737. The third kappa shape index (κ3) is 2.28. The molecule has 0 saturated heterocycles. The summed E-state index contributed by atoms with van der Waals surface area (Å²) in [4.78, 5) is 18.3. The summed E-state index contributed by atoms with van der Waals surface area (Å²) in [7, 11) is 0. The molecule has 1 aromatic heterocycles. The summed E-state index contributed by atoms with van der Waals surface area (Å²) in [6.07, 6.45) is 3.85. The van der Waals surface area contributed by atoms with Crippen LogP contribution >= 0.6 is 0 Å². The van der Waals surface area contributed by atoms with Crippen molar-refractivity contribution >= 4 is 6.29 Å². The van der Waals surface area contributed by atoms with Gasteiger partial charge in [-0.2, -0.15) is 0 Å². The van der Waals surface area contributed by atoms with Gasteiger partial charge in [-0.05, 0) is 11.6 Å². The zero-order valence-electron chi connectivity index (χ0n) is 8.43. The number of nitrogens with zero attached hydrogens (tertiary/aromatic N) is 2. The topological polar surface area (TPSA) is 42.9 Å². The third-order valence-electron chi connectivity index (χ3n) is 2.17. The normalized spacial score (nSPS) is 10.1. The largest absolute Gasteiger partial charge is 0.298 e. The van der Waals surface area contributed by atoms with Crippen molar-refractivity contribution in [3.63, 3.8) is 0 Å². The number of benzene rings is 1. The molecule has 1 aromatic carbocycles. The number of halogens is 1. The summed E-state index contributed by atoms with van der Waals surface area (Å²) < 4.78 is 13.3. The molecule has 0 spiro atoms. The van der Waals surface area contributed by atoms with Crippen LogP contribution < -0.4 is 0 Å². The summed E-state index contributed by atoms with van der Waals surface area (Å²) in [5.74, 6) is 0.223. The molecule has 0 radical (unpaired) electrons. The average Bonchev–Trinajstić information content (AvgIpc) is 2.33. The van der Waals surface area contributed by atoms with Crippen molar-refractivity contribution in [3.8, 4) is 0 Å². The number of aldehydes is 1. The van der Waals surface area contributed by atoms with Crippen molar-refractivity contribution in [1.82, 2.24) is 9.97 Å². The minimum absolute atomic E-state index is 0.273. The summed E-state index contributed by atoms with van der Waals surface area (Å²) in [6, 6.07) is 6.48. The minimum Gasteiger partial charge on any atom is -0.298 e. The first kappa shape index (κ1) is 10.4. The first-order valence-corrected chi connectivity index (χ1v) is 4.79. The predicted octanol–water partition coefficient (Wildman–Crippen LogP) is 2.02. The van der Waals surface area contributed by atoms with Gasteiger partial charge in [0.15, 0.2) is 6.29 Å². The third-order valence-corrected chi connectivity index (χ3v) is 2.17.